The minimum atomic E-state index is -5.00. The summed E-state index contributed by atoms with van der Waals surface area (Å²) in [7, 11) is 0. The van der Waals surface area contributed by atoms with Crippen molar-refractivity contribution in [1.29, 1.82) is 0 Å². The summed E-state index contributed by atoms with van der Waals surface area (Å²) < 4.78 is 76.6. The number of benzene rings is 1. The van der Waals surface area contributed by atoms with E-state index in [-0.39, 0.29) is 19.2 Å². The van der Waals surface area contributed by atoms with E-state index >= 15 is 0 Å². The van der Waals surface area contributed by atoms with Gasteiger partial charge in [0.1, 0.15) is 0 Å². The molecule has 0 aromatic heterocycles. The average Bonchev–Trinajstić information content (AvgIpc) is 2.44. The third-order valence-electron chi connectivity index (χ3n) is 3.52. The van der Waals surface area contributed by atoms with Crippen molar-refractivity contribution in [2.24, 2.45) is 0 Å². The molecule has 2 rings (SSSR count). The van der Waals surface area contributed by atoms with Crippen LogP contribution in [0.15, 0.2) is 18.2 Å². The Labute approximate surface area is 127 Å². The second-order valence-corrected chi connectivity index (χ2v) is 5.34. The van der Waals surface area contributed by atoms with Crippen molar-refractivity contribution in [2.45, 2.75) is 31.3 Å². The van der Waals surface area contributed by atoms with Crippen LogP contribution in [-0.4, -0.2) is 35.1 Å². The maximum atomic E-state index is 12.8. The molecule has 23 heavy (non-hydrogen) atoms. The fraction of sp³-hybridized carbons (Fsp3) is 0.500. The fourth-order valence-corrected chi connectivity index (χ4v) is 2.40. The summed E-state index contributed by atoms with van der Waals surface area (Å²) in [5.74, 6) is -0.958. The lowest BCUT2D eigenvalue weighted by atomic mass is 10.0. The lowest BCUT2D eigenvalue weighted by Crippen LogP contribution is -2.42. The molecule has 1 heterocycles. The number of alkyl halides is 6. The molecule has 0 radical (unpaired) electrons. The molecule has 1 amide bonds. The molecule has 1 N–H and O–H groups in total. The minimum Gasteiger partial charge on any atom is -0.391 e. The van der Waals surface area contributed by atoms with Crippen molar-refractivity contribution >= 4 is 5.91 Å². The molecule has 0 saturated carbocycles. The highest BCUT2D eigenvalue weighted by atomic mass is 19.4. The van der Waals surface area contributed by atoms with E-state index in [4.69, 9.17) is 0 Å². The van der Waals surface area contributed by atoms with Crippen LogP contribution >= 0.6 is 0 Å². The van der Waals surface area contributed by atoms with Crippen LogP contribution < -0.4 is 0 Å². The van der Waals surface area contributed by atoms with E-state index in [1.54, 1.807) is 0 Å². The molecule has 1 atom stereocenters. The Kier molecular flexibility index (Phi) is 4.61. The Morgan fingerprint density at radius 3 is 2.00 bits per heavy atom. The van der Waals surface area contributed by atoms with E-state index < -0.39 is 41.1 Å². The molecule has 3 nitrogen and oxygen atoms in total. The molecule has 0 spiro atoms. The number of carbonyl (C=O) groups is 1. The Balaban J connectivity index is 2.42. The molecule has 0 aliphatic carbocycles. The fourth-order valence-electron chi connectivity index (χ4n) is 2.40. The summed E-state index contributed by atoms with van der Waals surface area (Å²) in [4.78, 5) is 13.2. The Hall–Kier alpha value is -1.77. The SMILES string of the molecule is O=C(c1cc(C(F)(F)F)cc(C(F)(F)F)c1)N1CCCC(O)C1. The van der Waals surface area contributed by atoms with Gasteiger partial charge in [-0.25, -0.2) is 0 Å². The molecule has 1 unspecified atom stereocenters. The predicted molar refractivity (Wildman–Crippen MR) is 67.6 cm³/mol. The summed E-state index contributed by atoms with van der Waals surface area (Å²) >= 11 is 0. The zero-order chi connectivity index (χ0) is 17.4. The van der Waals surface area contributed by atoms with Gasteiger partial charge in [-0.3, -0.25) is 4.79 Å². The number of amides is 1. The number of likely N-dealkylation sites (tertiary alicyclic amines) is 1. The molecule has 1 aromatic carbocycles. The quantitative estimate of drug-likeness (QED) is 0.796. The zero-order valence-corrected chi connectivity index (χ0v) is 11.7. The number of nitrogens with zero attached hydrogens (tertiary/aromatic N) is 1. The van der Waals surface area contributed by atoms with Gasteiger partial charge in [0, 0.05) is 18.7 Å². The van der Waals surface area contributed by atoms with Gasteiger partial charge in [-0.2, -0.15) is 26.3 Å². The van der Waals surface area contributed by atoms with Crippen LogP contribution in [0.1, 0.15) is 34.3 Å². The van der Waals surface area contributed by atoms with Crippen molar-refractivity contribution in [3.8, 4) is 0 Å². The first-order valence-corrected chi connectivity index (χ1v) is 6.75. The largest absolute Gasteiger partial charge is 0.416 e. The molecular formula is C14H13F6NO2. The molecule has 9 heteroatoms. The molecular weight excluding hydrogens is 328 g/mol. The van der Waals surface area contributed by atoms with Crippen LogP contribution in [0.5, 0.6) is 0 Å². The minimum absolute atomic E-state index is 0.0260. The first kappa shape index (κ1) is 17.6. The topological polar surface area (TPSA) is 40.5 Å². The highest BCUT2D eigenvalue weighted by Crippen LogP contribution is 2.36. The van der Waals surface area contributed by atoms with Crippen LogP contribution in [-0.2, 0) is 12.4 Å². The van der Waals surface area contributed by atoms with Crippen molar-refractivity contribution in [1.82, 2.24) is 4.90 Å². The van der Waals surface area contributed by atoms with E-state index in [0.29, 0.717) is 25.0 Å². The lowest BCUT2D eigenvalue weighted by Gasteiger charge is -2.30. The lowest BCUT2D eigenvalue weighted by molar-refractivity contribution is -0.143. The van der Waals surface area contributed by atoms with Gasteiger partial charge in [0.25, 0.3) is 5.91 Å². The van der Waals surface area contributed by atoms with Crippen LogP contribution in [0.25, 0.3) is 0 Å². The summed E-state index contributed by atoms with van der Waals surface area (Å²) in [6, 6.07) is 0.777. The molecule has 128 valence electrons. The van der Waals surface area contributed by atoms with Gasteiger partial charge in [-0.05, 0) is 31.0 Å². The number of aliphatic hydroxyl groups is 1. The number of carbonyl (C=O) groups excluding carboxylic acids is 1. The summed E-state index contributed by atoms with van der Waals surface area (Å²) in [6.07, 6.45) is -9.98. The number of β-amino-alcohol motifs (C(OH)–C–C–N with tert-alkyl or cyclic N) is 1. The van der Waals surface area contributed by atoms with Crippen molar-refractivity contribution in [2.75, 3.05) is 13.1 Å². The molecule has 1 aromatic rings. The standard InChI is InChI=1S/C14H13F6NO2/c15-13(16,17)9-4-8(5-10(6-9)14(18,19)20)12(23)21-3-1-2-11(22)7-21/h4-6,11,22H,1-3,7H2. The normalized spacial score (nSPS) is 19.8. The van der Waals surface area contributed by atoms with Gasteiger partial charge in [0.15, 0.2) is 0 Å². The second-order valence-electron chi connectivity index (χ2n) is 5.34. The van der Waals surface area contributed by atoms with Gasteiger partial charge in [-0.1, -0.05) is 0 Å². The number of piperidine rings is 1. The zero-order valence-electron chi connectivity index (χ0n) is 11.7. The second kappa shape index (κ2) is 6.03. The van der Waals surface area contributed by atoms with Gasteiger partial charge >= 0.3 is 12.4 Å². The number of hydrogen-bond donors (Lipinski definition) is 1. The number of hydrogen-bond acceptors (Lipinski definition) is 2. The smallest absolute Gasteiger partial charge is 0.391 e. The Morgan fingerprint density at radius 2 is 1.57 bits per heavy atom. The Morgan fingerprint density at radius 1 is 1.04 bits per heavy atom. The third kappa shape index (κ3) is 4.15. The summed E-state index contributed by atoms with van der Waals surface area (Å²) in [5.41, 5.74) is -3.76. The first-order valence-electron chi connectivity index (χ1n) is 6.75. The predicted octanol–water partition coefficient (Wildman–Crippen LogP) is 3.32. The van der Waals surface area contributed by atoms with Gasteiger partial charge in [0.05, 0.1) is 17.2 Å². The van der Waals surface area contributed by atoms with Gasteiger partial charge in [0.2, 0.25) is 0 Å². The molecule has 1 fully saturated rings. The number of rotatable bonds is 1. The van der Waals surface area contributed by atoms with Crippen molar-refractivity contribution < 1.29 is 36.2 Å². The monoisotopic (exact) mass is 341 g/mol. The third-order valence-corrected chi connectivity index (χ3v) is 3.52. The van der Waals surface area contributed by atoms with Crippen LogP contribution in [0, 0.1) is 0 Å². The molecule has 1 aliphatic heterocycles. The van der Waals surface area contributed by atoms with Gasteiger partial charge < -0.3 is 10.0 Å². The number of halogens is 6. The summed E-state index contributed by atoms with van der Waals surface area (Å²) in [5, 5.41) is 9.49. The number of aliphatic hydroxyl groups excluding tert-OH is 1. The van der Waals surface area contributed by atoms with E-state index in [1.165, 1.54) is 0 Å². The Bertz CT molecular complexity index is 564. The van der Waals surface area contributed by atoms with E-state index in [9.17, 15) is 36.2 Å². The molecule has 1 saturated heterocycles. The first-order chi connectivity index (χ1) is 10.5. The summed E-state index contributed by atoms with van der Waals surface area (Å²) in [6.45, 7) is 0.0594. The maximum Gasteiger partial charge on any atom is 0.416 e. The van der Waals surface area contributed by atoms with E-state index in [1.807, 2.05) is 0 Å². The van der Waals surface area contributed by atoms with Crippen LogP contribution in [0.3, 0.4) is 0 Å². The highest BCUT2D eigenvalue weighted by molar-refractivity contribution is 5.94. The average molecular weight is 341 g/mol. The molecule has 0 bridgehead atoms. The van der Waals surface area contributed by atoms with Gasteiger partial charge in [-0.15, -0.1) is 0 Å². The van der Waals surface area contributed by atoms with E-state index in [2.05, 4.69) is 0 Å². The van der Waals surface area contributed by atoms with Crippen LogP contribution in [0.4, 0.5) is 26.3 Å². The molecule has 1 aliphatic rings. The van der Waals surface area contributed by atoms with Crippen LogP contribution in [0.2, 0.25) is 0 Å². The highest BCUT2D eigenvalue weighted by Gasteiger charge is 2.38. The maximum absolute atomic E-state index is 12.8. The van der Waals surface area contributed by atoms with E-state index in [0.717, 1.165) is 4.90 Å². The van der Waals surface area contributed by atoms with Crippen molar-refractivity contribution in [3.05, 3.63) is 34.9 Å². The van der Waals surface area contributed by atoms with Crippen molar-refractivity contribution in [3.63, 3.8) is 0 Å².